The van der Waals surface area contributed by atoms with E-state index in [0.717, 1.165) is 5.56 Å². The number of carbonyl (C=O) groups is 2. The first-order chi connectivity index (χ1) is 14.6. The van der Waals surface area contributed by atoms with Crippen molar-refractivity contribution in [1.29, 1.82) is 0 Å². The number of rotatable bonds is 8. The van der Waals surface area contributed by atoms with E-state index < -0.39 is 5.92 Å². The quantitative estimate of drug-likeness (QED) is 0.674. The first-order valence-corrected chi connectivity index (χ1v) is 9.92. The Labute approximate surface area is 176 Å². The van der Waals surface area contributed by atoms with E-state index >= 15 is 0 Å². The summed E-state index contributed by atoms with van der Waals surface area (Å²) in [7, 11) is 4.77. The van der Waals surface area contributed by atoms with E-state index in [1.165, 1.54) is 0 Å². The van der Waals surface area contributed by atoms with Gasteiger partial charge in [0.2, 0.25) is 5.91 Å². The summed E-state index contributed by atoms with van der Waals surface area (Å²) in [6.07, 6.45) is 0. The molecule has 30 heavy (non-hydrogen) atoms. The minimum atomic E-state index is -0.392. The van der Waals surface area contributed by atoms with E-state index in [-0.39, 0.29) is 17.7 Å². The third-order valence-electron chi connectivity index (χ3n) is 5.41. The van der Waals surface area contributed by atoms with Crippen LogP contribution in [0.15, 0.2) is 48.5 Å². The van der Waals surface area contributed by atoms with Crippen LogP contribution in [0.5, 0.6) is 11.5 Å². The fourth-order valence-corrected chi connectivity index (χ4v) is 3.85. The number of likely N-dealkylation sites (tertiary alicyclic amines) is 1. The van der Waals surface area contributed by atoms with Crippen LogP contribution in [-0.2, 0) is 9.53 Å². The van der Waals surface area contributed by atoms with Gasteiger partial charge in [-0.2, -0.15) is 0 Å². The van der Waals surface area contributed by atoms with Crippen LogP contribution < -0.4 is 14.8 Å². The Bertz CT molecular complexity index is 871. The summed E-state index contributed by atoms with van der Waals surface area (Å²) in [5.41, 5.74) is 1.49. The van der Waals surface area contributed by atoms with Crippen molar-refractivity contribution in [3.8, 4) is 11.5 Å². The van der Waals surface area contributed by atoms with E-state index in [1.807, 2.05) is 30.3 Å². The van der Waals surface area contributed by atoms with Crippen molar-refractivity contribution in [2.45, 2.75) is 5.92 Å². The third kappa shape index (κ3) is 4.74. The van der Waals surface area contributed by atoms with Gasteiger partial charge in [-0.1, -0.05) is 24.3 Å². The number of hydrogen-bond donors (Lipinski definition) is 1. The summed E-state index contributed by atoms with van der Waals surface area (Å²) in [6.45, 7) is 1.62. The summed E-state index contributed by atoms with van der Waals surface area (Å²) in [5, 5.41) is 2.92. The van der Waals surface area contributed by atoms with Gasteiger partial charge in [0, 0.05) is 49.9 Å². The number of nitrogens with one attached hydrogen (secondary N) is 1. The summed E-state index contributed by atoms with van der Waals surface area (Å²) < 4.78 is 15.9. The van der Waals surface area contributed by atoms with Crippen LogP contribution >= 0.6 is 0 Å². The molecule has 1 aliphatic rings. The molecule has 1 N–H and O–H groups in total. The van der Waals surface area contributed by atoms with E-state index in [1.54, 1.807) is 44.4 Å². The molecule has 2 atom stereocenters. The molecule has 2 aromatic rings. The highest BCUT2D eigenvalue weighted by Gasteiger charge is 2.41. The number of ether oxygens (including phenoxy) is 3. The van der Waals surface area contributed by atoms with Crippen molar-refractivity contribution in [1.82, 2.24) is 10.2 Å². The lowest BCUT2D eigenvalue weighted by molar-refractivity contribution is -0.125. The van der Waals surface area contributed by atoms with Crippen LogP contribution in [0.25, 0.3) is 0 Å². The highest BCUT2D eigenvalue weighted by atomic mass is 16.5. The van der Waals surface area contributed by atoms with Crippen molar-refractivity contribution in [3.63, 3.8) is 0 Å². The molecular weight excluding hydrogens is 384 g/mol. The molecule has 0 bridgehead atoms. The molecule has 1 fully saturated rings. The molecule has 1 saturated heterocycles. The predicted octanol–water partition coefficient (Wildman–Crippen LogP) is 2.32. The molecule has 0 saturated carbocycles. The standard InChI is InChI=1S/C23H28N2O5/c1-28-12-11-24-22(26)20-15-25(23(27)16-7-5-4-6-8-16)14-19(20)18-10-9-17(29-2)13-21(18)30-3/h4-10,13,19-20H,11-12,14-15H2,1-3H3,(H,24,26)/t19-,20-/m0/s1. The largest absolute Gasteiger partial charge is 0.497 e. The Hall–Kier alpha value is -3.06. The van der Waals surface area contributed by atoms with Gasteiger partial charge in [-0.3, -0.25) is 9.59 Å². The summed E-state index contributed by atoms with van der Waals surface area (Å²) in [6, 6.07) is 14.7. The van der Waals surface area contributed by atoms with Gasteiger partial charge in [0.15, 0.2) is 0 Å². The lowest BCUT2D eigenvalue weighted by Gasteiger charge is -2.21. The van der Waals surface area contributed by atoms with Crippen LogP contribution in [0, 0.1) is 5.92 Å². The molecule has 3 rings (SSSR count). The van der Waals surface area contributed by atoms with Crippen molar-refractivity contribution in [2.75, 3.05) is 47.6 Å². The third-order valence-corrected chi connectivity index (χ3v) is 5.41. The van der Waals surface area contributed by atoms with E-state index in [2.05, 4.69) is 5.32 Å². The normalized spacial score (nSPS) is 18.2. The molecule has 2 aromatic carbocycles. The first kappa shape index (κ1) is 21.6. The van der Waals surface area contributed by atoms with Gasteiger partial charge in [-0.15, -0.1) is 0 Å². The molecule has 0 radical (unpaired) electrons. The van der Waals surface area contributed by atoms with Gasteiger partial charge >= 0.3 is 0 Å². The molecule has 1 heterocycles. The van der Waals surface area contributed by atoms with Gasteiger partial charge in [0.05, 0.1) is 26.7 Å². The molecule has 0 spiro atoms. The number of hydrogen-bond acceptors (Lipinski definition) is 5. The Morgan fingerprint density at radius 2 is 1.80 bits per heavy atom. The topological polar surface area (TPSA) is 77.1 Å². The fraction of sp³-hybridized carbons (Fsp3) is 0.391. The summed E-state index contributed by atoms with van der Waals surface area (Å²) >= 11 is 0. The molecule has 160 valence electrons. The van der Waals surface area contributed by atoms with Gasteiger partial charge in [-0.05, 0) is 18.2 Å². The highest BCUT2D eigenvalue weighted by Crippen LogP contribution is 2.39. The van der Waals surface area contributed by atoms with Crippen LogP contribution in [0.2, 0.25) is 0 Å². The minimum Gasteiger partial charge on any atom is -0.497 e. The smallest absolute Gasteiger partial charge is 0.253 e. The second-order valence-corrected chi connectivity index (χ2v) is 7.18. The number of methoxy groups -OCH3 is 3. The SMILES string of the molecule is COCCNC(=O)[C@H]1CN(C(=O)c2ccccc2)C[C@H]1c1ccc(OC)cc1OC. The van der Waals surface area contributed by atoms with Crippen LogP contribution in [0.3, 0.4) is 0 Å². The molecule has 1 aliphatic heterocycles. The maximum atomic E-state index is 13.0. The van der Waals surface area contributed by atoms with Crippen molar-refractivity contribution >= 4 is 11.8 Å². The Morgan fingerprint density at radius 3 is 2.47 bits per heavy atom. The van der Waals surface area contributed by atoms with Gasteiger partial charge in [0.1, 0.15) is 11.5 Å². The Kier molecular flexibility index (Phi) is 7.30. The number of benzene rings is 2. The van der Waals surface area contributed by atoms with Gasteiger partial charge in [0.25, 0.3) is 5.91 Å². The Balaban J connectivity index is 1.89. The van der Waals surface area contributed by atoms with Crippen molar-refractivity contribution in [3.05, 3.63) is 59.7 Å². The van der Waals surface area contributed by atoms with Crippen LogP contribution in [-0.4, -0.2) is 64.3 Å². The minimum absolute atomic E-state index is 0.0831. The molecule has 0 unspecified atom stereocenters. The number of amides is 2. The maximum Gasteiger partial charge on any atom is 0.253 e. The first-order valence-electron chi connectivity index (χ1n) is 9.92. The molecule has 2 amide bonds. The summed E-state index contributed by atoms with van der Waals surface area (Å²) in [5.74, 6) is 0.548. The molecular formula is C23H28N2O5. The molecule has 7 nitrogen and oxygen atoms in total. The van der Waals surface area contributed by atoms with Crippen LogP contribution in [0.1, 0.15) is 21.8 Å². The van der Waals surface area contributed by atoms with Crippen LogP contribution in [0.4, 0.5) is 0 Å². The van der Waals surface area contributed by atoms with Crippen molar-refractivity contribution < 1.29 is 23.8 Å². The van der Waals surface area contributed by atoms with Gasteiger partial charge in [-0.25, -0.2) is 0 Å². The predicted molar refractivity (Wildman–Crippen MR) is 113 cm³/mol. The van der Waals surface area contributed by atoms with E-state index in [4.69, 9.17) is 14.2 Å². The maximum absolute atomic E-state index is 13.0. The summed E-state index contributed by atoms with van der Waals surface area (Å²) in [4.78, 5) is 27.7. The monoisotopic (exact) mass is 412 g/mol. The second-order valence-electron chi connectivity index (χ2n) is 7.18. The number of nitrogens with zero attached hydrogens (tertiary/aromatic N) is 1. The second kappa shape index (κ2) is 10.1. The molecule has 7 heteroatoms. The Morgan fingerprint density at radius 1 is 1.03 bits per heavy atom. The average Bonchev–Trinajstić information content (AvgIpc) is 3.24. The zero-order valence-electron chi connectivity index (χ0n) is 17.6. The van der Waals surface area contributed by atoms with E-state index in [0.29, 0.717) is 43.3 Å². The lowest BCUT2D eigenvalue weighted by atomic mass is 9.87. The lowest BCUT2D eigenvalue weighted by Crippen LogP contribution is -2.37. The van der Waals surface area contributed by atoms with Gasteiger partial charge < -0.3 is 24.4 Å². The highest BCUT2D eigenvalue weighted by molar-refractivity contribution is 5.95. The molecule has 0 aliphatic carbocycles. The van der Waals surface area contributed by atoms with E-state index in [9.17, 15) is 9.59 Å². The molecule has 0 aromatic heterocycles. The average molecular weight is 412 g/mol. The fourth-order valence-electron chi connectivity index (χ4n) is 3.85. The zero-order chi connectivity index (χ0) is 21.5. The number of carbonyl (C=O) groups excluding carboxylic acids is 2. The zero-order valence-corrected chi connectivity index (χ0v) is 17.6. The van der Waals surface area contributed by atoms with Crippen molar-refractivity contribution in [2.24, 2.45) is 5.92 Å².